The lowest BCUT2D eigenvalue weighted by atomic mass is 9.84. The number of benzene rings is 3. The summed E-state index contributed by atoms with van der Waals surface area (Å²) in [6, 6.07) is 21.0. The molecule has 0 fully saturated rings. The van der Waals surface area contributed by atoms with Gasteiger partial charge >= 0.3 is 5.63 Å². The van der Waals surface area contributed by atoms with Gasteiger partial charge in [-0.25, -0.2) is 4.79 Å². The molecule has 0 spiro atoms. The van der Waals surface area contributed by atoms with Gasteiger partial charge in [-0.1, -0.05) is 24.3 Å². The zero-order valence-corrected chi connectivity index (χ0v) is 17.6. The van der Waals surface area contributed by atoms with Crippen LogP contribution in [0.5, 0.6) is 17.2 Å². The molecule has 6 heteroatoms. The summed E-state index contributed by atoms with van der Waals surface area (Å²) in [6.45, 7) is 0. The fourth-order valence-corrected chi connectivity index (χ4v) is 4.64. The first-order valence-electron chi connectivity index (χ1n) is 10.4. The minimum atomic E-state index is -1.08. The minimum absolute atomic E-state index is 0.374. The standard InChI is InChI=1S/C26H20O6/c1-28-17-9-7-16(8-10-17)26-14-15-5-3-4-6-19(15)23(31-26)22-24(32-26)20-12-11-18(29-2)13-21(20)30-25(22)27/h3-13,23H,14H2,1-2H3/t23-,26+/m0/s1. The zero-order valence-electron chi connectivity index (χ0n) is 17.6. The van der Waals surface area contributed by atoms with Gasteiger partial charge in [0.25, 0.3) is 0 Å². The van der Waals surface area contributed by atoms with E-state index in [0.29, 0.717) is 34.5 Å². The third-order valence-electron chi connectivity index (χ3n) is 6.23. The molecule has 6 rings (SSSR count). The first-order chi connectivity index (χ1) is 15.6. The van der Waals surface area contributed by atoms with E-state index in [9.17, 15) is 4.79 Å². The maximum absolute atomic E-state index is 13.1. The molecular formula is C26H20O6. The van der Waals surface area contributed by atoms with Gasteiger partial charge in [-0.05, 0) is 47.5 Å². The third-order valence-corrected chi connectivity index (χ3v) is 6.23. The molecule has 0 aliphatic carbocycles. The molecule has 2 aliphatic heterocycles. The summed E-state index contributed by atoms with van der Waals surface area (Å²) in [4.78, 5) is 13.1. The molecular weight excluding hydrogens is 408 g/mol. The number of hydrogen-bond acceptors (Lipinski definition) is 6. The van der Waals surface area contributed by atoms with Crippen LogP contribution >= 0.6 is 0 Å². The first kappa shape index (κ1) is 19.0. The molecule has 6 nitrogen and oxygen atoms in total. The maximum atomic E-state index is 13.1. The van der Waals surface area contributed by atoms with E-state index in [2.05, 4.69) is 0 Å². The van der Waals surface area contributed by atoms with Crippen LogP contribution in [0.25, 0.3) is 11.0 Å². The Morgan fingerprint density at radius 3 is 2.47 bits per heavy atom. The van der Waals surface area contributed by atoms with Crippen molar-refractivity contribution >= 4 is 11.0 Å². The molecule has 0 N–H and O–H groups in total. The SMILES string of the molecule is COc1ccc([C@]23Cc4ccccc4[C@H](O2)c2c(c4ccc(OC)cc4oc2=O)O3)cc1. The third kappa shape index (κ3) is 2.66. The smallest absolute Gasteiger partial charge is 0.346 e. The molecule has 0 saturated carbocycles. The summed E-state index contributed by atoms with van der Waals surface area (Å²) in [5.41, 5.74) is 3.16. The van der Waals surface area contributed by atoms with Crippen molar-refractivity contribution in [1.29, 1.82) is 0 Å². The average Bonchev–Trinajstić information content (AvgIpc) is 2.83. The van der Waals surface area contributed by atoms with Gasteiger partial charge in [0.15, 0.2) is 0 Å². The van der Waals surface area contributed by atoms with Crippen LogP contribution in [-0.2, 0) is 16.9 Å². The van der Waals surface area contributed by atoms with Crippen LogP contribution in [0, 0.1) is 0 Å². The largest absolute Gasteiger partial charge is 0.497 e. The predicted octanol–water partition coefficient (Wildman–Crippen LogP) is 4.72. The van der Waals surface area contributed by atoms with Crippen LogP contribution in [0.1, 0.15) is 28.4 Å². The van der Waals surface area contributed by atoms with Crippen LogP contribution in [-0.4, -0.2) is 14.2 Å². The number of ether oxygens (including phenoxy) is 4. The normalized spacial score (nSPS) is 20.8. The highest BCUT2D eigenvalue weighted by atomic mass is 16.7. The highest BCUT2D eigenvalue weighted by Crippen LogP contribution is 2.53. The van der Waals surface area contributed by atoms with Crippen LogP contribution in [0.15, 0.2) is 75.9 Å². The summed E-state index contributed by atoms with van der Waals surface area (Å²) in [7, 11) is 3.20. The highest BCUT2D eigenvalue weighted by Gasteiger charge is 2.50. The van der Waals surface area contributed by atoms with E-state index in [1.165, 1.54) is 0 Å². The molecule has 2 bridgehead atoms. The van der Waals surface area contributed by atoms with E-state index in [4.69, 9.17) is 23.4 Å². The monoisotopic (exact) mass is 428 g/mol. The second-order valence-electron chi connectivity index (χ2n) is 7.95. The Balaban J connectivity index is 1.63. The summed E-state index contributed by atoms with van der Waals surface area (Å²) < 4.78 is 29.4. The fourth-order valence-electron chi connectivity index (χ4n) is 4.64. The average molecular weight is 428 g/mol. The summed E-state index contributed by atoms with van der Waals surface area (Å²) in [6.07, 6.45) is -0.0999. The molecule has 0 unspecified atom stereocenters. The zero-order chi connectivity index (χ0) is 21.9. The quantitative estimate of drug-likeness (QED) is 0.440. The van der Waals surface area contributed by atoms with Gasteiger partial charge in [0.1, 0.15) is 34.5 Å². The Kier molecular flexibility index (Phi) is 4.07. The Labute approximate surface area is 183 Å². The lowest BCUT2D eigenvalue weighted by molar-refractivity contribution is -0.237. The van der Waals surface area contributed by atoms with E-state index >= 15 is 0 Å². The van der Waals surface area contributed by atoms with Crippen molar-refractivity contribution in [2.75, 3.05) is 14.2 Å². The number of hydrogen-bond donors (Lipinski definition) is 0. The molecule has 0 saturated heterocycles. The summed E-state index contributed by atoms with van der Waals surface area (Å²) >= 11 is 0. The van der Waals surface area contributed by atoms with E-state index in [0.717, 1.165) is 22.4 Å². The first-order valence-corrected chi connectivity index (χ1v) is 10.4. The van der Waals surface area contributed by atoms with E-state index in [1.54, 1.807) is 20.3 Å². The van der Waals surface area contributed by atoms with Crippen molar-refractivity contribution in [3.05, 3.63) is 99.4 Å². The van der Waals surface area contributed by atoms with Crippen molar-refractivity contribution in [3.63, 3.8) is 0 Å². The highest BCUT2D eigenvalue weighted by molar-refractivity contribution is 5.86. The second-order valence-corrected chi connectivity index (χ2v) is 7.95. The number of rotatable bonds is 3. The van der Waals surface area contributed by atoms with Crippen molar-refractivity contribution in [3.8, 4) is 17.2 Å². The molecule has 32 heavy (non-hydrogen) atoms. The molecule has 2 aliphatic rings. The van der Waals surface area contributed by atoms with Gasteiger partial charge in [-0.15, -0.1) is 0 Å². The van der Waals surface area contributed by atoms with Crippen molar-refractivity contribution in [2.45, 2.75) is 18.3 Å². The lowest BCUT2D eigenvalue weighted by Gasteiger charge is -2.46. The fraction of sp³-hybridized carbons (Fsp3) is 0.192. The van der Waals surface area contributed by atoms with Crippen molar-refractivity contribution in [2.24, 2.45) is 0 Å². The van der Waals surface area contributed by atoms with Gasteiger partial charge in [-0.3, -0.25) is 0 Å². The molecule has 2 atom stereocenters. The van der Waals surface area contributed by atoms with E-state index < -0.39 is 17.5 Å². The van der Waals surface area contributed by atoms with Crippen LogP contribution in [0.2, 0.25) is 0 Å². The maximum Gasteiger partial charge on any atom is 0.346 e. The van der Waals surface area contributed by atoms with Crippen LogP contribution in [0.4, 0.5) is 0 Å². The van der Waals surface area contributed by atoms with Gasteiger partial charge < -0.3 is 23.4 Å². The molecule has 0 amide bonds. The number of fused-ring (bicyclic) bond motifs is 8. The Morgan fingerprint density at radius 2 is 1.69 bits per heavy atom. The Hall–Kier alpha value is -3.77. The molecule has 4 aromatic rings. The Bertz CT molecular complexity index is 1400. The molecule has 3 aromatic carbocycles. The molecule has 0 radical (unpaired) electrons. The summed E-state index contributed by atoms with van der Waals surface area (Å²) in [5.74, 6) is 0.745. The second kappa shape index (κ2) is 6.87. The van der Waals surface area contributed by atoms with Crippen LogP contribution < -0.4 is 19.8 Å². The molecule has 1 aromatic heterocycles. The molecule has 3 heterocycles. The van der Waals surface area contributed by atoms with Gasteiger partial charge in [0.2, 0.25) is 5.79 Å². The lowest BCUT2D eigenvalue weighted by Crippen LogP contribution is -2.47. The van der Waals surface area contributed by atoms with E-state index in [1.807, 2.05) is 60.7 Å². The molecule has 160 valence electrons. The van der Waals surface area contributed by atoms with Crippen LogP contribution in [0.3, 0.4) is 0 Å². The van der Waals surface area contributed by atoms with Gasteiger partial charge in [-0.2, -0.15) is 0 Å². The minimum Gasteiger partial charge on any atom is -0.497 e. The van der Waals surface area contributed by atoms with Crippen molar-refractivity contribution in [1.82, 2.24) is 0 Å². The Morgan fingerprint density at radius 1 is 0.938 bits per heavy atom. The van der Waals surface area contributed by atoms with Gasteiger partial charge in [0.05, 0.1) is 19.6 Å². The predicted molar refractivity (Wildman–Crippen MR) is 117 cm³/mol. The van der Waals surface area contributed by atoms with Crippen molar-refractivity contribution < 1.29 is 23.4 Å². The topological polar surface area (TPSA) is 67.1 Å². The van der Waals surface area contributed by atoms with E-state index in [-0.39, 0.29) is 0 Å². The summed E-state index contributed by atoms with van der Waals surface area (Å²) in [5, 5.41) is 0.700. The number of methoxy groups -OCH3 is 2. The van der Waals surface area contributed by atoms with Gasteiger partial charge in [0, 0.05) is 18.1 Å².